The molecular weight excluding hydrogens is 505 g/mol. The SMILES string of the molecule is Cc1cc(/C=N\NC(=O)c2ccc(I)cc2)c(C)n1-c1ccc(Br)cc1. The molecule has 6 heteroatoms. The zero-order valence-electron chi connectivity index (χ0n) is 14.3. The van der Waals surface area contributed by atoms with Gasteiger partial charge in [-0.15, -0.1) is 0 Å². The molecule has 0 radical (unpaired) electrons. The summed E-state index contributed by atoms with van der Waals surface area (Å²) in [6.07, 6.45) is 1.68. The third kappa shape index (κ3) is 4.24. The molecule has 1 N–H and O–H groups in total. The Balaban J connectivity index is 1.77. The third-order valence-corrected chi connectivity index (χ3v) is 5.28. The molecule has 0 saturated carbocycles. The number of hydrazone groups is 1. The summed E-state index contributed by atoms with van der Waals surface area (Å²) in [5, 5.41) is 4.12. The fourth-order valence-corrected chi connectivity index (χ4v) is 3.36. The molecule has 4 nitrogen and oxygen atoms in total. The van der Waals surface area contributed by atoms with Gasteiger partial charge in [-0.05, 0) is 91.0 Å². The fourth-order valence-electron chi connectivity index (χ4n) is 2.73. The maximum atomic E-state index is 12.1. The topological polar surface area (TPSA) is 46.4 Å². The van der Waals surface area contributed by atoms with Crippen molar-refractivity contribution in [1.29, 1.82) is 0 Å². The summed E-state index contributed by atoms with van der Waals surface area (Å²) in [5.41, 5.74) is 7.40. The largest absolute Gasteiger partial charge is 0.318 e. The monoisotopic (exact) mass is 521 g/mol. The van der Waals surface area contributed by atoms with E-state index in [1.54, 1.807) is 18.3 Å². The number of aryl methyl sites for hydroxylation is 1. The van der Waals surface area contributed by atoms with Crippen LogP contribution >= 0.6 is 38.5 Å². The van der Waals surface area contributed by atoms with Gasteiger partial charge in [0.15, 0.2) is 0 Å². The Hall–Kier alpha value is -1.93. The van der Waals surface area contributed by atoms with E-state index in [9.17, 15) is 4.79 Å². The van der Waals surface area contributed by atoms with Gasteiger partial charge in [0.1, 0.15) is 0 Å². The van der Waals surface area contributed by atoms with E-state index < -0.39 is 0 Å². The number of benzene rings is 2. The highest BCUT2D eigenvalue weighted by molar-refractivity contribution is 14.1. The molecule has 0 bridgehead atoms. The second-order valence-electron chi connectivity index (χ2n) is 5.84. The summed E-state index contributed by atoms with van der Waals surface area (Å²) in [5.74, 6) is -0.223. The van der Waals surface area contributed by atoms with E-state index in [0.29, 0.717) is 5.56 Å². The summed E-state index contributed by atoms with van der Waals surface area (Å²) in [6.45, 7) is 4.09. The Labute approximate surface area is 174 Å². The minimum Gasteiger partial charge on any atom is -0.318 e. The molecule has 0 saturated heterocycles. The van der Waals surface area contributed by atoms with Crippen LogP contribution in [0.15, 0.2) is 64.2 Å². The number of hydrogen-bond donors (Lipinski definition) is 1. The Morgan fingerprint density at radius 2 is 1.77 bits per heavy atom. The minimum atomic E-state index is -0.223. The highest BCUT2D eigenvalue weighted by Crippen LogP contribution is 2.21. The number of amides is 1. The van der Waals surface area contributed by atoms with Crippen molar-refractivity contribution in [2.75, 3.05) is 0 Å². The lowest BCUT2D eigenvalue weighted by atomic mass is 10.2. The third-order valence-electron chi connectivity index (χ3n) is 4.03. The second kappa shape index (κ2) is 8.18. The molecule has 3 rings (SSSR count). The van der Waals surface area contributed by atoms with Crippen LogP contribution in [0, 0.1) is 17.4 Å². The van der Waals surface area contributed by atoms with Gasteiger partial charge < -0.3 is 4.57 Å². The molecule has 132 valence electrons. The maximum absolute atomic E-state index is 12.1. The first kappa shape index (κ1) is 18.8. The molecule has 0 aliphatic carbocycles. The number of nitrogens with one attached hydrogen (secondary N) is 1. The van der Waals surface area contributed by atoms with Gasteiger partial charge in [-0.2, -0.15) is 5.10 Å². The van der Waals surface area contributed by atoms with E-state index in [1.807, 2.05) is 31.2 Å². The van der Waals surface area contributed by atoms with Crippen molar-refractivity contribution in [2.24, 2.45) is 5.10 Å². The van der Waals surface area contributed by atoms with Crippen LogP contribution in [0.3, 0.4) is 0 Å². The van der Waals surface area contributed by atoms with Crippen molar-refractivity contribution in [2.45, 2.75) is 13.8 Å². The summed E-state index contributed by atoms with van der Waals surface area (Å²) in [4.78, 5) is 12.1. The second-order valence-corrected chi connectivity index (χ2v) is 8.01. The number of nitrogens with zero attached hydrogens (tertiary/aromatic N) is 2. The first-order chi connectivity index (χ1) is 12.5. The van der Waals surface area contributed by atoms with Crippen molar-refractivity contribution in [3.63, 3.8) is 0 Å². The number of carbonyl (C=O) groups excluding carboxylic acids is 1. The van der Waals surface area contributed by atoms with Gasteiger partial charge in [-0.3, -0.25) is 4.79 Å². The van der Waals surface area contributed by atoms with E-state index >= 15 is 0 Å². The van der Waals surface area contributed by atoms with Crippen LogP contribution in [0.25, 0.3) is 5.69 Å². The molecule has 0 atom stereocenters. The number of carbonyl (C=O) groups is 1. The quantitative estimate of drug-likeness (QED) is 0.285. The molecule has 26 heavy (non-hydrogen) atoms. The van der Waals surface area contributed by atoms with Crippen LogP contribution in [0.5, 0.6) is 0 Å². The zero-order chi connectivity index (χ0) is 18.7. The highest BCUT2D eigenvalue weighted by Gasteiger charge is 2.09. The standard InChI is InChI=1S/C20H17BrIN3O/c1-13-11-16(14(2)25(13)19-9-5-17(21)6-10-19)12-23-24-20(26)15-3-7-18(22)8-4-15/h3-12H,1-2H3,(H,24,26)/b23-12-. The summed E-state index contributed by atoms with van der Waals surface area (Å²) in [6, 6.07) is 17.6. The molecule has 0 fully saturated rings. The van der Waals surface area contributed by atoms with Gasteiger partial charge in [-0.25, -0.2) is 5.43 Å². The molecular formula is C20H17BrIN3O. The van der Waals surface area contributed by atoms with E-state index in [-0.39, 0.29) is 5.91 Å². The van der Waals surface area contributed by atoms with Crippen molar-refractivity contribution in [1.82, 2.24) is 9.99 Å². The molecule has 0 aliphatic rings. The number of rotatable bonds is 4. The maximum Gasteiger partial charge on any atom is 0.271 e. The van der Waals surface area contributed by atoms with Crippen LogP contribution in [0.4, 0.5) is 0 Å². The van der Waals surface area contributed by atoms with Crippen molar-refractivity contribution < 1.29 is 4.79 Å². The molecule has 0 unspecified atom stereocenters. The number of halogens is 2. The van der Waals surface area contributed by atoms with Gasteiger partial charge in [0.2, 0.25) is 0 Å². The summed E-state index contributed by atoms with van der Waals surface area (Å²) < 4.78 is 4.29. The summed E-state index contributed by atoms with van der Waals surface area (Å²) in [7, 11) is 0. The fraction of sp³-hybridized carbons (Fsp3) is 0.100. The zero-order valence-corrected chi connectivity index (χ0v) is 18.1. The number of hydrogen-bond acceptors (Lipinski definition) is 2. The van der Waals surface area contributed by atoms with Crippen LogP contribution in [0.2, 0.25) is 0 Å². The van der Waals surface area contributed by atoms with E-state index in [4.69, 9.17) is 0 Å². The van der Waals surface area contributed by atoms with Crippen molar-refractivity contribution in [3.8, 4) is 5.69 Å². The van der Waals surface area contributed by atoms with Crippen LogP contribution < -0.4 is 5.43 Å². The molecule has 1 heterocycles. The van der Waals surface area contributed by atoms with Gasteiger partial charge in [0.25, 0.3) is 5.91 Å². The first-order valence-corrected chi connectivity index (χ1v) is 9.87. The molecule has 0 aliphatic heterocycles. The molecule has 1 amide bonds. The van der Waals surface area contributed by atoms with E-state index in [2.05, 4.69) is 78.7 Å². The molecule has 3 aromatic rings. The Bertz CT molecular complexity index is 960. The van der Waals surface area contributed by atoms with Gasteiger partial charge in [0, 0.05) is 36.2 Å². The Morgan fingerprint density at radius 1 is 1.12 bits per heavy atom. The smallest absolute Gasteiger partial charge is 0.271 e. The van der Waals surface area contributed by atoms with Gasteiger partial charge in [-0.1, -0.05) is 15.9 Å². The molecule has 0 spiro atoms. The minimum absolute atomic E-state index is 0.223. The van der Waals surface area contributed by atoms with Gasteiger partial charge in [0.05, 0.1) is 6.21 Å². The highest BCUT2D eigenvalue weighted by atomic mass is 127. The average molecular weight is 522 g/mol. The van der Waals surface area contributed by atoms with Crippen molar-refractivity contribution in [3.05, 3.63) is 85.2 Å². The predicted octanol–water partition coefficient (Wildman–Crippen LogP) is 5.23. The normalized spacial score (nSPS) is 11.1. The van der Waals surface area contributed by atoms with Crippen LogP contribution in [-0.4, -0.2) is 16.7 Å². The van der Waals surface area contributed by atoms with Gasteiger partial charge >= 0.3 is 0 Å². The van der Waals surface area contributed by atoms with Crippen LogP contribution in [0.1, 0.15) is 27.3 Å². The average Bonchev–Trinajstić information content (AvgIpc) is 2.90. The van der Waals surface area contributed by atoms with E-state index in [1.165, 1.54) is 0 Å². The number of aromatic nitrogens is 1. The lowest BCUT2D eigenvalue weighted by Gasteiger charge is -2.09. The molecule has 1 aromatic heterocycles. The van der Waals surface area contributed by atoms with Crippen LogP contribution in [-0.2, 0) is 0 Å². The summed E-state index contributed by atoms with van der Waals surface area (Å²) >= 11 is 5.67. The van der Waals surface area contributed by atoms with E-state index in [0.717, 1.165) is 30.7 Å². The molecule has 2 aromatic carbocycles. The Kier molecular flexibility index (Phi) is 5.93. The first-order valence-electron chi connectivity index (χ1n) is 7.99. The lowest BCUT2D eigenvalue weighted by Crippen LogP contribution is -2.17. The predicted molar refractivity (Wildman–Crippen MR) is 117 cm³/mol. The Morgan fingerprint density at radius 3 is 2.42 bits per heavy atom. The van der Waals surface area contributed by atoms with Crippen molar-refractivity contribution >= 4 is 50.6 Å². The lowest BCUT2D eigenvalue weighted by molar-refractivity contribution is 0.0955.